The number of carbonyl (C=O) groups is 1. The van der Waals surface area contributed by atoms with Crippen LogP contribution in [0.4, 0.5) is 0 Å². The quantitative estimate of drug-likeness (QED) is 0.277. The summed E-state index contributed by atoms with van der Waals surface area (Å²) in [7, 11) is 1.78. The van der Waals surface area contributed by atoms with Gasteiger partial charge in [0.25, 0.3) is 0 Å². The smallest absolute Gasteiger partial charge is 0.419 e. The minimum absolute atomic E-state index is 0.371. The maximum Gasteiger partial charge on any atom is 0.419 e. The molecule has 1 rings (SSSR count). The van der Waals surface area contributed by atoms with Crippen molar-refractivity contribution < 1.29 is 14.5 Å². The Kier molecular flexibility index (Phi) is 12.9. The highest BCUT2D eigenvalue weighted by molar-refractivity contribution is 5.81. The summed E-state index contributed by atoms with van der Waals surface area (Å²) in [5.41, 5.74) is 0. The lowest BCUT2D eigenvalue weighted by Crippen LogP contribution is -2.35. The molecule has 26 heavy (non-hydrogen) atoms. The molecule has 0 aromatic carbocycles. The van der Waals surface area contributed by atoms with Gasteiger partial charge in [0.05, 0.1) is 13.6 Å². The highest BCUT2D eigenvalue weighted by atomic mass is 16.4. The minimum atomic E-state index is -0.849. The van der Waals surface area contributed by atoms with Crippen LogP contribution in [0.3, 0.4) is 0 Å². The Morgan fingerprint density at radius 2 is 1.27 bits per heavy atom. The zero-order valence-corrected chi connectivity index (χ0v) is 17.2. The first kappa shape index (κ1) is 22.7. The van der Waals surface area contributed by atoms with E-state index in [2.05, 4.69) is 6.92 Å². The van der Waals surface area contributed by atoms with Crippen LogP contribution in [-0.2, 0) is 13.6 Å². The van der Waals surface area contributed by atoms with Gasteiger partial charge in [0.2, 0.25) is 0 Å². The molecule has 0 aliphatic heterocycles. The third-order valence-electron chi connectivity index (χ3n) is 5.27. The Morgan fingerprint density at radius 3 is 1.69 bits per heavy atom. The van der Waals surface area contributed by atoms with E-state index in [4.69, 9.17) is 0 Å². The lowest BCUT2D eigenvalue weighted by Gasteiger charge is -2.03. The fourth-order valence-electron chi connectivity index (χ4n) is 3.63. The third kappa shape index (κ3) is 9.98. The van der Waals surface area contributed by atoms with Gasteiger partial charge < -0.3 is 5.11 Å². The van der Waals surface area contributed by atoms with Crippen molar-refractivity contribution in [1.29, 1.82) is 0 Å². The summed E-state index contributed by atoms with van der Waals surface area (Å²) in [5, 5.41) is 9.22. The number of aryl methyl sites for hydroxylation is 2. The van der Waals surface area contributed by atoms with E-state index in [1.807, 2.05) is 17.0 Å². The summed E-state index contributed by atoms with van der Waals surface area (Å²) in [5.74, 6) is -0.478. The number of rotatable bonds is 17. The second-order valence-electron chi connectivity index (χ2n) is 7.68. The summed E-state index contributed by atoms with van der Waals surface area (Å²) in [6.07, 6.45) is 24.0. The van der Waals surface area contributed by atoms with Crippen LogP contribution in [0.2, 0.25) is 0 Å². The van der Waals surface area contributed by atoms with Crippen LogP contribution in [0, 0.1) is 0 Å². The molecule has 4 heteroatoms. The fourth-order valence-corrected chi connectivity index (χ4v) is 3.63. The van der Waals surface area contributed by atoms with Crippen LogP contribution in [0.1, 0.15) is 114 Å². The van der Waals surface area contributed by atoms with E-state index in [-0.39, 0.29) is 0 Å². The van der Waals surface area contributed by atoms with Crippen LogP contribution in [-0.4, -0.2) is 15.6 Å². The standard InChI is InChI=1S/C22H40N2O2/c1-3-4-5-6-7-8-9-10-11-12-13-14-15-16-17-18-24-20-19-23(2)21(24)22(25)26/h19-20H,3-18H2,1-2H3/p+1. The first-order valence-corrected chi connectivity index (χ1v) is 10.9. The Morgan fingerprint density at radius 1 is 0.846 bits per heavy atom. The predicted molar refractivity (Wildman–Crippen MR) is 107 cm³/mol. The number of aromatic nitrogens is 2. The Hall–Kier alpha value is -1.32. The Bertz CT molecular complexity index is 482. The fraction of sp³-hybridized carbons (Fsp3) is 0.818. The second-order valence-corrected chi connectivity index (χ2v) is 7.68. The summed E-state index contributed by atoms with van der Waals surface area (Å²) >= 11 is 0. The van der Waals surface area contributed by atoms with Crippen molar-refractivity contribution >= 4 is 5.97 Å². The molecule has 4 nitrogen and oxygen atoms in total. The summed E-state index contributed by atoms with van der Waals surface area (Å²) in [6.45, 7) is 3.08. The van der Waals surface area contributed by atoms with Crippen molar-refractivity contribution in [3.8, 4) is 0 Å². The monoisotopic (exact) mass is 365 g/mol. The molecule has 150 valence electrons. The topological polar surface area (TPSA) is 46.1 Å². The van der Waals surface area contributed by atoms with Crippen LogP contribution in [0.5, 0.6) is 0 Å². The average Bonchev–Trinajstić information content (AvgIpc) is 2.99. The average molecular weight is 366 g/mol. The van der Waals surface area contributed by atoms with Gasteiger partial charge in [-0.3, -0.25) is 0 Å². The lowest BCUT2D eigenvalue weighted by atomic mass is 10.0. The molecule has 1 N–H and O–H groups in total. The third-order valence-corrected chi connectivity index (χ3v) is 5.27. The van der Waals surface area contributed by atoms with E-state index >= 15 is 0 Å². The zero-order valence-electron chi connectivity index (χ0n) is 17.2. The number of hydrogen-bond donors (Lipinski definition) is 1. The molecule has 0 atom stereocenters. The van der Waals surface area contributed by atoms with Crippen molar-refractivity contribution in [1.82, 2.24) is 4.57 Å². The molecular weight excluding hydrogens is 324 g/mol. The van der Waals surface area contributed by atoms with E-state index in [1.165, 1.54) is 89.9 Å². The van der Waals surface area contributed by atoms with E-state index in [9.17, 15) is 9.90 Å². The molecule has 1 aromatic heterocycles. The maximum atomic E-state index is 11.2. The van der Waals surface area contributed by atoms with Gasteiger partial charge in [-0.2, -0.15) is 0 Å². The second kappa shape index (κ2) is 14.8. The molecule has 0 unspecified atom stereocenters. The molecule has 0 aliphatic carbocycles. The first-order valence-electron chi connectivity index (χ1n) is 10.9. The van der Waals surface area contributed by atoms with Crippen LogP contribution < -0.4 is 4.57 Å². The molecule has 0 saturated carbocycles. The molecular formula is C22H41N2O2+. The van der Waals surface area contributed by atoms with Gasteiger partial charge in [-0.25, -0.2) is 13.9 Å². The molecule has 0 radical (unpaired) electrons. The summed E-state index contributed by atoms with van der Waals surface area (Å²) in [4.78, 5) is 11.2. The summed E-state index contributed by atoms with van der Waals surface area (Å²) in [6, 6.07) is 0. The van der Waals surface area contributed by atoms with Crippen LogP contribution in [0.25, 0.3) is 0 Å². The molecule has 1 heterocycles. The van der Waals surface area contributed by atoms with Crippen molar-refractivity contribution in [3.63, 3.8) is 0 Å². The van der Waals surface area contributed by atoms with Gasteiger partial charge in [0, 0.05) is 0 Å². The molecule has 0 saturated heterocycles. The van der Waals surface area contributed by atoms with E-state index in [0.29, 0.717) is 5.82 Å². The number of unbranched alkanes of at least 4 members (excludes halogenated alkanes) is 14. The molecule has 0 bridgehead atoms. The number of carboxylic acids is 1. The molecule has 0 spiro atoms. The maximum absolute atomic E-state index is 11.2. The highest BCUT2D eigenvalue weighted by Crippen LogP contribution is 2.13. The molecule has 0 aliphatic rings. The van der Waals surface area contributed by atoms with Crippen LogP contribution >= 0.6 is 0 Å². The Labute approximate surface area is 160 Å². The van der Waals surface area contributed by atoms with Gasteiger partial charge in [-0.1, -0.05) is 90.4 Å². The number of hydrogen-bond acceptors (Lipinski definition) is 1. The highest BCUT2D eigenvalue weighted by Gasteiger charge is 2.21. The van der Waals surface area contributed by atoms with Crippen LogP contribution in [0.15, 0.2) is 12.4 Å². The number of imidazole rings is 1. The molecule has 1 aromatic rings. The van der Waals surface area contributed by atoms with Gasteiger partial charge in [0.15, 0.2) is 0 Å². The van der Waals surface area contributed by atoms with Gasteiger partial charge in [-0.05, 0) is 12.8 Å². The largest absolute Gasteiger partial charge is 0.472 e. The molecule has 0 fully saturated rings. The minimum Gasteiger partial charge on any atom is -0.472 e. The number of nitrogens with zero attached hydrogens (tertiary/aromatic N) is 2. The number of carboxylic acid groups (broad SMARTS) is 1. The van der Waals surface area contributed by atoms with E-state index in [0.717, 1.165) is 13.0 Å². The normalized spacial score (nSPS) is 11.2. The first-order chi connectivity index (χ1) is 12.7. The number of aromatic carboxylic acids is 1. The predicted octanol–water partition coefficient (Wildman–Crippen LogP) is 5.88. The van der Waals surface area contributed by atoms with E-state index in [1.54, 1.807) is 11.6 Å². The Balaban J connectivity index is 1.88. The lowest BCUT2D eigenvalue weighted by molar-refractivity contribution is -0.673. The zero-order chi connectivity index (χ0) is 19.0. The SMILES string of the molecule is CCCCCCCCCCCCCCCCCn1cc[n+](C)c1C(=O)O. The van der Waals surface area contributed by atoms with Crippen molar-refractivity contribution in [2.24, 2.45) is 7.05 Å². The van der Waals surface area contributed by atoms with Crippen molar-refractivity contribution in [2.45, 2.75) is 110 Å². The van der Waals surface area contributed by atoms with Gasteiger partial charge in [-0.15, -0.1) is 0 Å². The summed E-state index contributed by atoms with van der Waals surface area (Å²) < 4.78 is 3.53. The van der Waals surface area contributed by atoms with Crippen molar-refractivity contribution in [3.05, 3.63) is 18.2 Å². The molecule has 0 amide bonds. The van der Waals surface area contributed by atoms with E-state index < -0.39 is 5.97 Å². The van der Waals surface area contributed by atoms with Crippen molar-refractivity contribution in [2.75, 3.05) is 0 Å². The van der Waals surface area contributed by atoms with Gasteiger partial charge >= 0.3 is 11.8 Å². The van der Waals surface area contributed by atoms with Gasteiger partial charge in [0.1, 0.15) is 12.4 Å².